The van der Waals surface area contributed by atoms with E-state index in [0.717, 1.165) is 30.0 Å². The van der Waals surface area contributed by atoms with Crippen LogP contribution in [0.25, 0.3) is 0 Å². The molecule has 29 heavy (non-hydrogen) atoms. The van der Waals surface area contributed by atoms with E-state index < -0.39 is 0 Å². The fourth-order valence-electron chi connectivity index (χ4n) is 2.80. The van der Waals surface area contributed by atoms with Crippen molar-refractivity contribution in [3.63, 3.8) is 0 Å². The molecule has 3 aromatic rings. The number of aromatic nitrogens is 3. The van der Waals surface area contributed by atoms with Crippen LogP contribution in [0.1, 0.15) is 36.9 Å². The monoisotopic (exact) mass is 528 g/mol. The molecule has 0 bridgehead atoms. The van der Waals surface area contributed by atoms with Gasteiger partial charge < -0.3 is 15.2 Å². The number of rotatable bonds is 8. The lowest BCUT2D eigenvalue weighted by atomic mass is 10.1. The van der Waals surface area contributed by atoms with Crippen LogP contribution in [-0.4, -0.2) is 34.0 Å². The SMILES string of the molecule is CCNC(=NCc1cc(CC)no1)NCC(c1ccc(Cl)cc1)n1cccn1.I. The molecule has 156 valence electrons. The molecule has 2 aromatic heterocycles. The van der Waals surface area contributed by atoms with Crippen LogP contribution in [0.3, 0.4) is 0 Å². The largest absolute Gasteiger partial charge is 0.359 e. The molecule has 0 aliphatic heterocycles. The van der Waals surface area contributed by atoms with Crippen molar-refractivity contribution in [3.8, 4) is 0 Å². The molecule has 0 fully saturated rings. The van der Waals surface area contributed by atoms with Crippen LogP contribution in [0.5, 0.6) is 0 Å². The first kappa shape index (κ1) is 23.2. The number of nitrogens with zero attached hydrogens (tertiary/aromatic N) is 4. The van der Waals surface area contributed by atoms with Gasteiger partial charge in [-0.1, -0.05) is 35.8 Å². The van der Waals surface area contributed by atoms with Crippen molar-refractivity contribution in [2.24, 2.45) is 4.99 Å². The maximum absolute atomic E-state index is 6.04. The van der Waals surface area contributed by atoms with Crippen molar-refractivity contribution in [1.29, 1.82) is 0 Å². The molecule has 0 spiro atoms. The maximum Gasteiger partial charge on any atom is 0.191 e. The molecule has 1 atom stereocenters. The molecular weight excluding hydrogens is 503 g/mol. The first-order valence-electron chi connectivity index (χ1n) is 9.40. The standard InChI is InChI=1S/C20H25ClN6O.HI/c1-3-17-12-18(28-26-17)13-23-20(22-4-2)24-14-19(27-11-5-10-25-27)15-6-8-16(21)9-7-15;/h5-12,19H,3-4,13-14H2,1-2H3,(H2,22,23,24);1H. The summed E-state index contributed by atoms with van der Waals surface area (Å²) in [7, 11) is 0. The zero-order chi connectivity index (χ0) is 19.8. The number of guanidine groups is 1. The van der Waals surface area contributed by atoms with Crippen LogP contribution < -0.4 is 10.6 Å². The Morgan fingerprint density at radius 2 is 2.03 bits per heavy atom. The van der Waals surface area contributed by atoms with Crippen LogP contribution in [0.4, 0.5) is 0 Å². The molecule has 2 heterocycles. The maximum atomic E-state index is 6.04. The number of nitrogens with one attached hydrogen (secondary N) is 2. The molecule has 0 aliphatic carbocycles. The van der Waals surface area contributed by atoms with E-state index in [-0.39, 0.29) is 30.0 Å². The van der Waals surface area contributed by atoms with E-state index in [2.05, 4.69) is 25.9 Å². The fourth-order valence-corrected chi connectivity index (χ4v) is 2.93. The molecule has 0 amide bonds. The minimum Gasteiger partial charge on any atom is -0.359 e. The predicted molar refractivity (Wildman–Crippen MR) is 126 cm³/mol. The summed E-state index contributed by atoms with van der Waals surface area (Å²) in [5.74, 6) is 1.46. The van der Waals surface area contributed by atoms with Gasteiger partial charge in [-0.15, -0.1) is 24.0 Å². The van der Waals surface area contributed by atoms with Gasteiger partial charge in [-0.3, -0.25) is 4.68 Å². The van der Waals surface area contributed by atoms with E-state index in [1.54, 1.807) is 6.20 Å². The first-order valence-corrected chi connectivity index (χ1v) is 9.78. The third kappa shape index (κ3) is 6.74. The van der Waals surface area contributed by atoms with Crippen molar-refractivity contribution in [3.05, 3.63) is 70.8 Å². The first-order chi connectivity index (χ1) is 13.7. The van der Waals surface area contributed by atoms with Crippen molar-refractivity contribution in [2.75, 3.05) is 13.1 Å². The van der Waals surface area contributed by atoms with Gasteiger partial charge in [0.05, 0.1) is 11.7 Å². The second-order valence-electron chi connectivity index (χ2n) is 6.27. The minimum atomic E-state index is 0. The van der Waals surface area contributed by atoms with Gasteiger partial charge >= 0.3 is 0 Å². The Hall–Kier alpha value is -2.07. The number of aryl methyl sites for hydroxylation is 1. The summed E-state index contributed by atoms with van der Waals surface area (Å²) in [5, 5.41) is 15.8. The molecular formula is C20H26ClIN6O. The third-order valence-electron chi connectivity index (χ3n) is 4.27. The normalized spacial score (nSPS) is 12.3. The lowest BCUT2D eigenvalue weighted by molar-refractivity contribution is 0.379. The Morgan fingerprint density at radius 3 is 2.66 bits per heavy atom. The Balaban J connectivity index is 0.00000300. The number of aliphatic imine (C=N–C) groups is 1. The van der Waals surface area contributed by atoms with Crippen molar-refractivity contribution in [2.45, 2.75) is 32.9 Å². The summed E-state index contributed by atoms with van der Waals surface area (Å²) < 4.78 is 7.23. The Kier molecular flexibility index (Phi) is 9.46. The highest BCUT2D eigenvalue weighted by Crippen LogP contribution is 2.19. The zero-order valence-electron chi connectivity index (χ0n) is 16.5. The van der Waals surface area contributed by atoms with Gasteiger partial charge in [0, 0.05) is 36.6 Å². The molecule has 0 aliphatic rings. The number of hydrogen-bond acceptors (Lipinski definition) is 4. The number of benzene rings is 1. The van der Waals surface area contributed by atoms with Crippen LogP contribution in [0.2, 0.25) is 5.02 Å². The van der Waals surface area contributed by atoms with Gasteiger partial charge in [0.25, 0.3) is 0 Å². The molecule has 0 radical (unpaired) electrons. The van der Waals surface area contributed by atoms with Crippen LogP contribution in [-0.2, 0) is 13.0 Å². The average Bonchev–Trinajstić information content (AvgIpc) is 3.39. The quantitative estimate of drug-likeness (QED) is 0.262. The van der Waals surface area contributed by atoms with Crippen molar-refractivity contribution in [1.82, 2.24) is 25.6 Å². The zero-order valence-corrected chi connectivity index (χ0v) is 19.6. The van der Waals surface area contributed by atoms with Crippen LogP contribution in [0.15, 0.2) is 58.3 Å². The van der Waals surface area contributed by atoms with Gasteiger partial charge in [-0.2, -0.15) is 5.10 Å². The van der Waals surface area contributed by atoms with E-state index in [4.69, 9.17) is 16.1 Å². The van der Waals surface area contributed by atoms with Crippen molar-refractivity contribution >= 4 is 41.5 Å². The predicted octanol–water partition coefficient (Wildman–Crippen LogP) is 4.05. The van der Waals surface area contributed by atoms with E-state index in [1.165, 1.54) is 0 Å². The lowest BCUT2D eigenvalue weighted by Gasteiger charge is -2.20. The van der Waals surface area contributed by atoms with Crippen LogP contribution >= 0.6 is 35.6 Å². The third-order valence-corrected chi connectivity index (χ3v) is 4.52. The Morgan fingerprint density at radius 1 is 1.24 bits per heavy atom. The van der Waals surface area contributed by atoms with Gasteiger partial charge in [0.1, 0.15) is 6.54 Å². The molecule has 9 heteroatoms. The summed E-state index contributed by atoms with van der Waals surface area (Å²) in [6, 6.07) is 11.7. The fraction of sp³-hybridized carbons (Fsp3) is 0.350. The molecule has 3 rings (SSSR count). The van der Waals surface area contributed by atoms with E-state index in [0.29, 0.717) is 24.1 Å². The lowest BCUT2D eigenvalue weighted by Crippen LogP contribution is -2.40. The molecule has 1 aromatic carbocycles. The average molecular weight is 529 g/mol. The Bertz CT molecular complexity index is 879. The summed E-state index contributed by atoms with van der Waals surface area (Å²) in [6.45, 7) is 5.88. The smallest absolute Gasteiger partial charge is 0.191 e. The molecule has 2 N–H and O–H groups in total. The van der Waals surface area contributed by atoms with E-state index >= 15 is 0 Å². The summed E-state index contributed by atoms with van der Waals surface area (Å²) >= 11 is 6.04. The second kappa shape index (κ2) is 11.8. The van der Waals surface area contributed by atoms with Gasteiger partial charge in [-0.05, 0) is 37.1 Å². The summed E-state index contributed by atoms with van der Waals surface area (Å²) in [5.41, 5.74) is 2.05. The van der Waals surface area contributed by atoms with Crippen LogP contribution in [0, 0.1) is 0 Å². The van der Waals surface area contributed by atoms with Gasteiger partial charge in [0.15, 0.2) is 11.7 Å². The number of hydrogen-bond donors (Lipinski definition) is 2. The highest BCUT2D eigenvalue weighted by Gasteiger charge is 2.15. The highest BCUT2D eigenvalue weighted by atomic mass is 127. The molecule has 7 nitrogen and oxygen atoms in total. The molecule has 1 unspecified atom stereocenters. The number of halogens is 2. The van der Waals surface area contributed by atoms with Gasteiger partial charge in [0.2, 0.25) is 0 Å². The summed E-state index contributed by atoms with van der Waals surface area (Å²) in [6.07, 6.45) is 4.57. The van der Waals surface area contributed by atoms with E-state index in [9.17, 15) is 0 Å². The Labute approximate surface area is 192 Å². The van der Waals surface area contributed by atoms with E-state index in [1.807, 2.05) is 61.1 Å². The topological polar surface area (TPSA) is 80.3 Å². The highest BCUT2D eigenvalue weighted by molar-refractivity contribution is 14.0. The second-order valence-corrected chi connectivity index (χ2v) is 6.70. The van der Waals surface area contributed by atoms with Crippen molar-refractivity contribution < 1.29 is 4.52 Å². The molecule has 0 saturated heterocycles. The van der Waals surface area contributed by atoms with Gasteiger partial charge in [-0.25, -0.2) is 4.99 Å². The summed E-state index contributed by atoms with van der Waals surface area (Å²) in [4.78, 5) is 4.60. The molecule has 0 saturated carbocycles. The minimum absolute atomic E-state index is 0.